The Morgan fingerprint density at radius 2 is 2.07 bits per heavy atom. The van der Waals surface area contributed by atoms with Crippen molar-refractivity contribution in [3.63, 3.8) is 0 Å². The Kier molecular flexibility index (Phi) is 2.69. The molecule has 2 nitrogen and oxygen atoms in total. The van der Waals surface area contributed by atoms with Crippen molar-refractivity contribution in [2.45, 2.75) is 45.6 Å². The van der Waals surface area contributed by atoms with E-state index in [1.165, 1.54) is 25.7 Å². The van der Waals surface area contributed by atoms with E-state index in [2.05, 4.69) is 24.5 Å². The van der Waals surface area contributed by atoms with Gasteiger partial charge in [-0.2, -0.15) is 0 Å². The van der Waals surface area contributed by atoms with Gasteiger partial charge in [0.25, 0.3) is 0 Å². The Hall–Kier alpha value is -0.310. The summed E-state index contributed by atoms with van der Waals surface area (Å²) in [6.07, 6.45) is 5.31. The molecule has 0 bridgehead atoms. The lowest BCUT2D eigenvalue weighted by Gasteiger charge is -2.21. The van der Waals surface area contributed by atoms with Gasteiger partial charge in [-0.3, -0.25) is 0 Å². The smallest absolute Gasteiger partial charge is 0.166 e. The number of hydrogen-bond acceptors (Lipinski definition) is 1. The molecule has 0 aromatic heterocycles. The van der Waals surface area contributed by atoms with Gasteiger partial charge in [0.2, 0.25) is 0 Å². The maximum Gasteiger partial charge on any atom is 0.166 e. The Balaban J connectivity index is 1.68. The Bertz CT molecular complexity index is 229. The third-order valence-electron chi connectivity index (χ3n) is 3.63. The van der Waals surface area contributed by atoms with Gasteiger partial charge in [0.1, 0.15) is 0 Å². The van der Waals surface area contributed by atoms with E-state index in [0.29, 0.717) is 11.5 Å². The average Bonchev–Trinajstić information content (AvgIpc) is 2.97. The fourth-order valence-electron chi connectivity index (χ4n) is 1.84. The average molecular weight is 212 g/mol. The van der Waals surface area contributed by atoms with Crippen molar-refractivity contribution in [2.75, 3.05) is 6.54 Å². The van der Waals surface area contributed by atoms with Crippen molar-refractivity contribution in [3.05, 3.63) is 0 Å². The molecule has 2 aliphatic carbocycles. The lowest BCUT2D eigenvalue weighted by atomic mass is 9.92. The van der Waals surface area contributed by atoms with Crippen LogP contribution in [0.1, 0.15) is 39.5 Å². The largest absolute Gasteiger partial charge is 0.362 e. The fraction of sp³-hybridized carbons (Fsp3) is 0.909. The molecule has 0 spiro atoms. The van der Waals surface area contributed by atoms with E-state index >= 15 is 0 Å². The van der Waals surface area contributed by atoms with E-state index in [1.54, 1.807) is 0 Å². The van der Waals surface area contributed by atoms with Crippen LogP contribution in [-0.4, -0.2) is 17.7 Å². The van der Waals surface area contributed by atoms with Crippen molar-refractivity contribution in [3.8, 4) is 0 Å². The Morgan fingerprint density at radius 1 is 1.43 bits per heavy atom. The number of thiocarbonyl (C=S) groups is 1. The van der Waals surface area contributed by atoms with Gasteiger partial charge in [-0.15, -0.1) is 0 Å². The van der Waals surface area contributed by atoms with Gasteiger partial charge in [0, 0.05) is 12.6 Å². The summed E-state index contributed by atoms with van der Waals surface area (Å²) in [6.45, 7) is 5.68. The first-order valence-corrected chi connectivity index (χ1v) is 6.08. The summed E-state index contributed by atoms with van der Waals surface area (Å²) in [5.74, 6) is 0.777. The van der Waals surface area contributed by atoms with Crippen molar-refractivity contribution < 1.29 is 0 Å². The molecule has 0 aliphatic heterocycles. The summed E-state index contributed by atoms with van der Waals surface area (Å²) in [6, 6.07) is 0.671. The molecule has 2 fully saturated rings. The second-order valence-corrected chi connectivity index (χ2v) is 5.53. The highest BCUT2D eigenvalue weighted by molar-refractivity contribution is 7.80. The second-order valence-electron chi connectivity index (χ2n) is 5.12. The van der Waals surface area contributed by atoms with Gasteiger partial charge in [-0.05, 0) is 49.2 Å². The molecule has 80 valence electrons. The zero-order valence-electron chi connectivity index (χ0n) is 9.10. The molecule has 2 rings (SSSR count). The highest BCUT2D eigenvalue weighted by Crippen LogP contribution is 2.51. The number of nitrogens with one attached hydrogen (secondary N) is 2. The van der Waals surface area contributed by atoms with Crippen molar-refractivity contribution >= 4 is 17.3 Å². The first kappa shape index (κ1) is 10.2. The third-order valence-corrected chi connectivity index (χ3v) is 3.89. The van der Waals surface area contributed by atoms with Crippen LogP contribution in [0, 0.1) is 11.3 Å². The van der Waals surface area contributed by atoms with E-state index in [-0.39, 0.29) is 0 Å². The first-order chi connectivity index (χ1) is 6.62. The van der Waals surface area contributed by atoms with Gasteiger partial charge in [-0.25, -0.2) is 0 Å². The normalized spacial score (nSPS) is 23.4. The van der Waals surface area contributed by atoms with Crippen LogP contribution in [0.4, 0.5) is 0 Å². The summed E-state index contributed by atoms with van der Waals surface area (Å²) in [7, 11) is 0. The quantitative estimate of drug-likeness (QED) is 0.697. The predicted octanol–water partition coefficient (Wildman–Crippen LogP) is 2.05. The molecule has 0 atom stereocenters. The van der Waals surface area contributed by atoms with E-state index in [4.69, 9.17) is 12.2 Å². The summed E-state index contributed by atoms with van der Waals surface area (Å²) < 4.78 is 0. The second kappa shape index (κ2) is 3.69. The monoisotopic (exact) mass is 212 g/mol. The van der Waals surface area contributed by atoms with Crippen LogP contribution in [-0.2, 0) is 0 Å². The molecule has 2 N–H and O–H groups in total. The topological polar surface area (TPSA) is 24.1 Å². The van der Waals surface area contributed by atoms with Gasteiger partial charge < -0.3 is 10.6 Å². The number of rotatable bonds is 4. The van der Waals surface area contributed by atoms with Crippen LogP contribution < -0.4 is 10.6 Å². The molecule has 0 saturated heterocycles. The molecule has 2 saturated carbocycles. The van der Waals surface area contributed by atoms with Gasteiger partial charge >= 0.3 is 0 Å². The zero-order chi connectivity index (χ0) is 10.2. The minimum absolute atomic E-state index is 0.551. The summed E-state index contributed by atoms with van der Waals surface area (Å²) in [5.41, 5.74) is 0.551. The molecular weight excluding hydrogens is 192 g/mol. The van der Waals surface area contributed by atoms with Crippen molar-refractivity contribution in [1.29, 1.82) is 0 Å². The van der Waals surface area contributed by atoms with Crippen molar-refractivity contribution in [1.82, 2.24) is 10.6 Å². The van der Waals surface area contributed by atoms with Crippen LogP contribution in [0.15, 0.2) is 0 Å². The molecule has 0 aromatic carbocycles. The molecule has 0 aromatic rings. The van der Waals surface area contributed by atoms with Crippen LogP contribution in [0.2, 0.25) is 0 Å². The van der Waals surface area contributed by atoms with E-state index in [1.807, 2.05) is 0 Å². The van der Waals surface area contributed by atoms with E-state index in [9.17, 15) is 0 Å². The lowest BCUT2D eigenvalue weighted by Crippen LogP contribution is -2.40. The molecule has 14 heavy (non-hydrogen) atoms. The van der Waals surface area contributed by atoms with E-state index < -0.39 is 0 Å². The maximum atomic E-state index is 5.23. The minimum atomic E-state index is 0.551. The zero-order valence-corrected chi connectivity index (χ0v) is 9.91. The van der Waals surface area contributed by atoms with Crippen molar-refractivity contribution in [2.24, 2.45) is 11.3 Å². The molecule has 0 amide bonds. The van der Waals surface area contributed by atoms with Gasteiger partial charge in [0.05, 0.1) is 0 Å². The van der Waals surface area contributed by atoms with Crippen LogP contribution >= 0.6 is 12.2 Å². The Labute approximate surface area is 91.8 Å². The van der Waals surface area contributed by atoms with Crippen LogP contribution in [0.3, 0.4) is 0 Å². The highest BCUT2D eigenvalue weighted by Gasteiger charge is 2.45. The standard InChI is InChI=1S/C11H20N2S/c1-8(2)11(5-6-11)7-12-10(14)13-9-3-4-9/h8-9H,3-7H2,1-2H3,(H2,12,13,14). The summed E-state index contributed by atoms with van der Waals surface area (Å²) in [5, 5.41) is 7.53. The SMILES string of the molecule is CC(C)C1(CNC(=S)NC2CC2)CC1. The lowest BCUT2D eigenvalue weighted by molar-refractivity contribution is 0.356. The maximum absolute atomic E-state index is 5.23. The summed E-state index contributed by atoms with van der Waals surface area (Å²) >= 11 is 5.23. The fourth-order valence-corrected chi connectivity index (χ4v) is 2.08. The highest BCUT2D eigenvalue weighted by atomic mass is 32.1. The van der Waals surface area contributed by atoms with Crippen LogP contribution in [0.5, 0.6) is 0 Å². The van der Waals surface area contributed by atoms with Crippen LogP contribution in [0.25, 0.3) is 0 Å². The molecular formula is C11H20N2S. The molecule has 0 heterocycles. The van der Waals surface area contributed by atoms with Gasteiger partial charge in [0.15, 0.2) is 5.11 Å². The van der Waals surface area contributed by atoms with E-state index in [0.717, 1.165) is 17.6 Å². The molecule has 0 unspecified atom stereocenters. The third kappa shape index (κ3) is 2.38. The Morgan fingerprint density at radius 3 is 2.50 bits per heavy atom. The predicted molar refractivity (Wildman–Crippen MR) is 63.3 cm³/mol. The summed E-state index contributed by atoms with van der Waals surface area (Å²) in [4.78, 5) is 0. The molecule has 2 aliphatic rings. The molecule has 0 radical (unpaired) electrons. The minimum Gasteiger partial charge on any atom is -0.362 e. The van der Waals surface area contributed by atoms with Gasteiger partial charge in [-0.1, -0.05) is 13.8 Å². The number of hydrogen-bond donors (Lipinski definition) is 2. The first-order valence-electron chi connectivity index (χ1n) is 5.67. The molecule has 3 heteroatoms.